The number of anilines is 1. The number of H-pyrrole nitrogens is 1. The molecule has 2 aromatic heterocycles. The third-order valence-electron chi connectivity index (χ3n) is 5.09. The Bertz CT molecular complexity index is 1380. The van der Waals surface area contributed by atoms with Crippen molar-refractivity contribution in [2.75, 3.05) is 5.32 Å². The second kappa shape index (κ2) is 7.78. The van der Waals surface area contributed by atoms with Crippen LogP contribution in [0.2, 0.25) is 5.02 Å². The molecular weight excluding hydrogens is 410 g/mol. The number of aryl methyl sites for hydroxylation is 1. The Morgan fingerprint density at radius 1 is 0.968 bits per heavy atom. The minimum absolute atomic E-state index is 0.225. The number of furan rings is 1. The Labute approximate surface area is 183 Å². The largest absolute Gasteiger partial charge is 0.451 e. The van der Waals surface area contributed by atoms with E-state index in [2.05, 4.69) is 15.3 Å². The summed E-state index contributed by atoms with van der Waals surface area (Å²) in [5.41, 5.74) is 5.20. The molecular formula is C25H18ClN3O2. The zero-order chi connectivity index (χ0) is 21.4. The fourth-order valence-corrected chi connectivity index (χ4v) is 3.62. The van der Waals surface area contributed by atoms with Gasteiger partial charge in [-0.1, -0.05) is 48.0 Å². The number of aromatic nitrogens is 2. The van der Waals surface area contributed by atoms with Crippen LogP contribution in [0.1, 0.15) is 16.1 Å². The number of hydrogen-bond donors (Lipinski definition) is 2. The highest BCUT2D eigenvalue weighted by atomic mass is 35.5. The molecule has 3 aromatic carbocycles. The first kappa shape index (κ1) is 19.2. The average molecular weight is 428 g/mol. The van der Waals surface area contributed by atoms with Crippen LogP contribution in [0, 0.1) is 6.92 Å². The molecule has 0 atom stereocenters. The Morgan fingerprint density at radius 3 is 2.68 bits per heavy atom. The molecule has 0 saturated carbocycles. The van der Waals surface area contributed by atoms with Crippen molar-refractivity contribution < 1.29 is 9.21 Å². The fourth-order valence-electron chi connectivity index (χ4n) is 3.43. The molecule has 5 nitrogen and oxygen atoms in total. The van der Waals surface area contributed by atoms with E-state index in [9.17, 15) is 4.79 Å². The normalized spacial score (nSPS) is 11.0. The molecule has 6 heteroatoms. The maximum Gasteiger partial charge on any atom is 0.291 e. The van der Waals surface area contributed by atoms with Crippen molar-refractivity contribution in [1.29, 1.82) is 0 Å². The minimum Gasteiger partial charge on any atom is -0.451 e. The predicted octanol–water partition coefficient (Wildman–Crippen LogP) is 6.70. The Balaban J connectivity index is 1.41. The maximum atomic E-state index is 12.8. The van der Waals surface area contributed by atoms with Crippen molar-refractivity contribution >= 4 is 34.2 Å². The smallest absolute Gasteiger partial charge is 0.291 e. The lowest BCUT2D eigenvalue weighted by Gasteiger charge is -2.09. The first-order valence-corrected chi connectivity index (χ1v) is 10.2. The summed E-state index contributed by atoms with van der Waals surface area (Å²) in [5.74, 6) is 1.24. The number of hydrogen-bond acceptors (Lipinski definition) is 3. The molecule has 0 spiro atoms. The summed E-state index contributed by atoms with van der Waals surface area (Å²) in [6, 6.07) is 24.4. The highest BCUT2D eigenvalue weighted by molar-refractivity contribution is 6.30. The number of carbonyl (C=O) groups excluding carboxylic acids is 1. The molecule has 5 aromatic rings. The van der Waals surface area contributed by atoms with Gasteiger partial charge in [0.25, 0.3) is 5.91 Å². The maximum absolute atomic E-state index is 12.8. The highest BCUT2D eigenvalue weighted by Crippen LogP contribution is 2.28. The predicted molar refractivity (Wildman–Crippen MR) is 123 cm³/mol. The number of amides is 1. The summed E-state index contributed by atoms with van der Waals surface area (Å²) < 4.78 is 5.76. The van der Waals surface area contributed by atoms with Gasteiger partial charge in [-0.15, -0.1) is 0 Å². The Morgan fingerprint density at radius 2 is 1.84 bits per heavy atom. The molecule has 2 heterocycles. The second-order valence-corrected chi connectivity index (χ2v) is 7.70. The number of carbonyl (C=O) groups is 1. The van der Waals surface area contributed by atoms with Gasteiger partial charge in [0, 0.05) is 21.8 Å². The number of para-hydroxylation sites is 2. The number of halogens is 1. The number of nitrogens with one attached hydrogen (secondary N) is 2. The molecule has 1 amide bonds. The lowest BCUT2D eigenvalue weighted by molar-refractivity contribution is 0.0997. The lowest BCUT2D eigenvalue weighted by Crippen LogP contribution is -2.12. The number of benzene rings is 3. The van der Waals surface area contributed by atoms with Crippen LogP contribution in [0.4, 0.5) is 5.69 Å². The van der Waals surface area contributed by atoms with Gasteiger partial charge in [-0.2, -0.15) is 0 Å². The first-order chi connectivity index (χ1) is 15.1. The molecule has 31 heavy (non-hydrogen) atoms. The SMILES string of the molecule is Cc1ccc(-c2nc3ccccc3[nH]2)cc1NC(=O)c1ccc(-c2cccc(Cl)c2)o1. The average Bonchev–Trinajstić information content (AvgIpc) is 3.43. The van der Waals surface area contributed by atoms with Gasteiger partial charge in [0.2, 0.25) is 0 Å². The molecule has 0 aliphatic heterocycles. The third kappa shape index (κ3) is 3.83. The number of fused-ring (bicyclic) bond motifs is 1. The van der Waals surface area contributed by atoms with Gasteiger partial charge in [-0.3, -0.25) is 4.79 Å². The number of aromatic amines is 1. The van der Waals surface area contributed by atoms with E-state index >= 15 is 0 Å². The van der Waals surface area contributed by atoms with Crippen LogP contribution in [0.25, 0.3) is 33.7 Å². The van der Waals surface area contributed by atoms with E-state index in [0.29, 0.717) is 16.5 Å². The Kier molecular flexibility index (Phi) is 4.81. The summed E-state index contributed by atoms with van der Waals surface area (Å²) >= 11 is 6.05. The zero-order valence-corrected chi connectivity index (χ0v) is 17.4. The Hall–Kier alpha value is -3.83. The van der Waals surface area contributed by atoms with Crippen LogP contribution in [0.15, 0.2) is 83.3 Å². The topological polar surface area (TPSA) is 70.9 Å². The summed E-state index contributed by atoms with van der Waals surface area (Å²) in [4.78, 5) is 20.8. The van der Waals surface area contributed by atoms with E-state index in [1.807, 2.05) is 61.5 Å². The molecule has 2 N–H and O–H groups in total. The van der Waals surface area contributed by atoms with Crippen molar-refractivity contribution in [2.24, 2.45) is 0 Å². The van der Waals surface area contributed by atoms with Gasteiger partial charge < -0.3 is 14.7 Å². The summed E-state index contributed by atoms with van der Waals surface area (Å²) in [5, 5.41) is 3.56. The fraction of sp³-hybridized carbons (Fsp3) is 0.0400. The highest BCUT2D eigenvalue weighted by Gasteiger charge is 2.15. The van der Waals surface area contributed by atoms with E-state index < -0.39 is 0 Å². The third-order valence-corrected chi connectivity index (χ3v) is 5.32. The molecule has 0 radical (unpaired) electrons. The number of nitrogens with zero attached hydrogens (tertiary/aromatic N) is 1. The van der Waals surface area contributed by atoms with Crippen LogP contribution in [-0.4, -0.2) is 15.9 Å². The molecule has 0 saturated heterocycles. The van der Waals surface area contributed by atoms with E-state index in [0.717, 1.165) is 33.5 Å². The van der Waals surface area contributed by atoms with Gasteiger partial charge in [-0.05, 0) is 55.0 Å². The van der Waals surface area contributed by atoms with Crippen LogP contribution < -0.4 is 5.32 Å². The summed E-state index contributed by atoms with van der Waals surface area (Å²) in [6.07, 6.45) is 0. The van der Waals surface area contributed by atoms with Crippen molar-refractivity contribution in [3.63, 3.8) is 0 Å². The number of rotatable bonds is 4. The standard InChI is InChI=1S/C25H18ClN3O2/c1-15-9-10-17(24-27-19-7-2-3-8-20(19)28-24)14-21(15)29-25(30)23-12-11-22(31-23)16-5-4-6-18(26)13-16/h2-14H,1H3,(H,27,28)(H,29,30). The molecule has 152 valence electrons. The monoisotopic (exact) mass is 427 g/mol. The first-order valence-electron chi connectivity index (χ1n) is 9.80. The van der Waals surface area contributed by atoms with Crippen LogP contribution in [0.3, 0.4) is 0 Å². The molecule has 0 aliphatic carbocycles. The van der Waals surface area contributed by atoms with E-state index in [4.69, 9.17) is 16.0 Å². The van der Waals surface area contributed by atoms with Gasteiger partial charge in [0.1, 0.15) is 11.6 Å². The molecule has 0 unspecified atom stereocenters. The van der Waals surface area contributed by atoms with Crippen molar-refractivity contribution in [2.45, 2.75) is 6.92 Å². The van der Waals surface area contributed by atoms with Gasteiger partial charge in [-0.25, -0.2) is 4.98 Å². The van der Waals surface area contributed by atoms with E-state index in [1.165, 1.54) is 0 Å². The summed E-state index contributed by atoms with van der Waals surface area (Å²) in [7, 11) is 0. The summed E-state index contributed by atoms with van der Waals surface area (Å²) in [6.45, 7) is 1.94. The van der Waals surface area contributed by atoms with Crippen LogP contribution in [0.5, 0.6) is 0 Å². The van der Waals surface area contributed by atoms with Gasteiger partial charge in [0.15, 0.2) is 5.76 Å². The molecule has 0 fully saturated rings. The van der Waals surface area contributed by atoms with Crippen LogP contribution in [-0.2, 0) is 0 Å². The minimum atomic E-state index is -0.321. The molecule has 0 bridgehead atoms. The van der Waals surface area contributed by atoms with Crippen molar-refractivity contribution in [3.8, 4) is 22.7 Å². The zero-order valence-electron chi connectivity index (χ0n) is 16.6. The lowest BCUT2D eigenvalue weighted by atomic mass is 10.1. The van der Waals surface area contributed by atoms with Gasteiger partial charge >= 0.3 is 0 Å². The molecule has 5 rings (SSSR count). The van der Waals surface area contributed by atoms with E-state index in [-0.39, 0.29) is 11.7 Å². The van der Waals surface area contributed by atoms with Crippen molar-refractivity contribution in [1.82, 2.24) is 9.97 Å². The quantitative estimate of drug-likeness (QED) is 0.335. The molecule has 0 aliphatic rings. The van der Waals surface area contributed by atoms with Gasteiger partial charge in [0.05, 0.1) is 11.0 Å². The van der Waals surface area contributed by atoms with Crippen LogP contribution >= 0.6 is 11.6 Å². The number of imidazole rings is 1. The van der Waals surface area contributed by atoms with Crippen molar-refractivity contribution in [3.05, 3.63) is 95.2 Å². The van der Waals surface area contributed by atoms with E-state index in [1.54, 1.807) is 24.3 Å². The second-order valence-electron chi connectivity index (χ2n) is 7.26.